The van der Waals surface area contributed by atoms with Gasteiger partial charge >= 0.3 is 0 Å². The molecule has 0 aliphatic carbocycles. The average Bonchev–Trinajstić information content (AvgIpc) is 3.52. The van der Waals surface area contributed by atoms with Crippen LogP contribution in [0.4, 0.5) is 17.5 Å². The molecule has 4 aromatic rings. The van der Waals surface area contributed by atoms with Gasteiger partial charge < -0.3 is 15.0 Å². The van der Waals surface area contributed by atoms with E-state index in [2.05, 4.69) is 45.1 Å². The van der Waals surface area contributed by atoms with Gasteiger partial charge in [0, 0.05) is 43.6 Å². The largest absolute Gasteiger partial charge is 0.493 e. The third-order valence-corrected chi connectivity index (χ3v) is 7.62. The molecule has 6 rings (SSSR count). The van der Waals surface area contributed by atoms with E-state index in [1.165, 1.54) is 6.42 Å². The van der Waals surface area contributed by atoms with Crippen molar-refractivity contribution in [2.24, 2.45) is 0 Å². The van der Waals surface area contributed by atoms with E-state index in [9.17, 15) is 0 Å². The molecule has 0 saturated carbocycles. The Morgan fingerprint density at radius 1 is 1.12 bits per heavy atom. The maximum Gasteiger partial charge on any atom is 0.176 e. The van der Waals surface area contributed by atoms with Crippen molar-refractivity contribution in [2.75, 3.05) is 37.5 Å². The number of nitrogens with zero attached hydrogens (tertiary/aromatic N) is 6. The Morgan fingerprint density at radius 3 is 2.79 bits per heavy atom. The lowest BCUT2D eigenvalue weighted by molar-refractivity contribution is 0.292. The summed E-state index contributed by atoms with van der Waals surface area (Å²) in [7, 11) is 3.87. The van der Waals surface area contributed by atoms with Crippen molar-refractivity contribution in [3.8, 4) is 16.5 Å². The second kappa shape index (κ2) is 7.93. The number of pyridine rings is 3. The number of likely N-dealkylation sites (tertiary alicyclic amines) is 1. The zero-order chi connectivity index (χ0) is 22.5. The average molecular weight is 460 g/mol. The van der Waals surface area contributed by atoms with Crippen LogP contribution in [0.3, 0.4) is 0 Å². The van der Waals surface area contributed by atoms with Gasteiger partial charge in [0.05, 0.1) is 17.3 Å². The first-order valence-corrected chi connectivity index (χ1v) is 11.9. The van der Waals surface area contributed by atoms with Crippen LogP contribution in [0, 0.1) is 6.92 Å². The van der Waals surface area contributed by atoms with Crippen LogP contribution in [-0.4, -0.2) is 64.2 Å². The molecule has 2 aliphatic heterocycles. The number of anilines is 3. The van der Waals surface area contributed by atoms with Crippen molar-refractivity contribution in [1.29, 1.82) is 0 Å². The van der Waals surface area contributed by atoms with Gasteiger partial charge in [-0.3, -0.25) is 9.88 Å². The molecule has 8 nitrogen and oxygen atoms in total. The monoisotopic (exact) mass is 459 g/mol. The molecule has 0 unspecified atom stereocenters. The first-order chi connectivity index (χ1) is 16.1. The summed E-state index contributed by atoms with van der Waals surface area (Å²) >= 11 is 1.60. The third kappa shape index (κ3) is 3.57. The molecule has 0 aromatic carbocycles. The minimum absolute atomic E-state index is 0.520. The van der Waals surface area contributed by atoms with Crippen LogP contribution in [0.2, 0.25) is 0 Å². The van der Waals surface area contributed by atoms with Gasteiger partial charge in [-0.25, -0.2) is 15.0 Å². The van der Waals surface area contributed by atoms with Crippen LogP contribution in [-0.2, 0) is 0 Å². The summed E-state index contributed by atoms with van der Waals surface area (Å²) < 4.78 is 6.60. The quantitative estimate of drug-likeness (QED) is 0.478. The van der Waals surface area contributed by atoms with E-state index < -0.39 is 0 Å². The van der Waals surface area contributed by atoms with E-state index in [-0.39, 0.29) is 0 Å². The van der Waals surface area contributed by atoms with Crippen molar-refractivity contribution < 1.29 is 4.74 Å². The van der Waals surface area contributed by atoms with Crippen LogP contribution in [0.5, 0.6) is 5.75 Å². The van der Waals surface area contributed by atoms with E-state index in [1.807, 2.05) is 30.5 Å². The molecule has 2 bridgehead atoms. The smallest absolute Gasteiger partial charge is 0.176 e. The number of methoxy groups -OCH3 is 1. The van der Waals surface area contributed by atoms with Crippen LogP contribution in [0.1, 0.15) is 12.0 Å². The third-order valence-electron chi connectivity index (χ3n) is 6.61. The van der Waals surface area contributed by atoms with E-state index in [1.54, 1.807) is 24.6 Å². The normalized spacial score (nSPS) is 20.0. The SMILES string of the molecule is COc1ccc(N2C[C@@H]3C[C@H]2CN3C)nc1Nc1cc2nc(-c3ncccc3C)sc2cn1. The van der Waals surface area contributed by atoms with Gasteiger partial charge in [0.2, 0.25) is 0 Å². The molecular formula is C24H25N7OS. The predicted molar refractivity (Wildman–Crippen MR) is 132 cm³/mol. The highest BCUT2D eigenvalue weighted by molar-refractivity contribution is 7.21. The van der Waals surface area contributed by atoms with Crippen molar-refractivity contribution in [2.45, 2.75) is 25.4 Å². The minimum Gasteiger partial charge on any atom is -0.493 e. The molecule has 33 heavy (non-hydrogen) atoms. The minimum atomic E-state index is 0.520. The number of hydrogen-bond donors (Lipinski definition) is 1. The lowest BCUT2D eigenvalue weighted by Gasteiger charge is -2.33. The molecule has 0 spiro atoms. The van der Waals surface area contributed by atoms with Gasteiger partial charge in [-0.15, -0.1) is 11.3 Å². The lowest BCUT2D eigenvalue weighted by Crippen LogP contribution is -2.44. The Balaban J connectivity index is 1.30. The molecule has 2 atom stereocenters. The molecule has 2 fully saturated rings. The van der Waals surface area contributed by atoms with Gasteiger partial charge in [-0.2, -0.15) is 0 Å². The lowest BCUT2D eigenvalue weighted by atomic mass is 10.2. The highest BCUT2D eigenvalue weighted by Crippen LogP contribution is 2.36. The number of likely N-dealkylation sites (N-methyl/N-ethyl adjacent to an activating group) is 1. The highest BCUT2D eigenvalue weighted by atomic mass is 32.1. The van der Waals surface area contributed by atoms with E-state index in [0.717, 1.165) is 45.4 Å². The molecule has 4 aromatic heterocycles. The number of thiazole rings is 1. The predicted octanol–water partition coefficient (Wildman–Crippen LogP) is 4.10. The topological polar surface area (TPSA) is 79.3 Å². The zero-order valence-corrected chi connectivity index (χ0v) is 19.6. The highest BCUT2D eigenvalue weighted by Gasteiger charge is 2.42. The van der Waals surface area contributed by atoms with Gasteiger partial charge in [0.15, 0.2) is 11.6 Å². The second-order valence-corrected chi connectivity index (χ2v) is 9.74. The van der Waals surface area contributed by atoms with Gasteiger partial charge in [-0.1, -0.05) is 6.07 Å². The van der Waals surface area contributed by atoms with Crippen LogP contribution < -0.4 is 15.0 Å². The Bertz CT molecular complexity index is 1340. The molecule has 0 amide bonds. The van der Waals surface area contributed by atoms with Crippen LogP contribution in [0.15, 0.2) is 42.7 Å². The summed E-state index contributed by atoms with van der Waals surface area (Å²) in [5.74, 6) is 3.00. The van der Waals surface area contributed by atoms with Crippen LogP contribution >= 0.6 is 11.3 Å². The van der Waals surface area contributed by atoms with Crippen molar-refractivity contribution >= 4 is 39.0 Å². The maximum absolute atomic E-state index is 5.58. The first kappa shape index (κ1) is 20.3. The van der Waals surface area contributed by atoms with Crippen molar-refractivity contribution in [1.82, 2.24) is 24.8 Å². The number of aromatic nitrogens is 4. The summed E-state index contributed by atoms with van der Waals surface area (Å²) in [6.45, 7) is 4.15. The first-order valence-electron chi connectivity index (χ1n) is 11.1. The molecule has 168 valence electrons. The summed E-state index contributed by atoms with van der Waals surface area (Å²) in [5, 5.41) is 4.25. The Labute approximate surface area is 196 Å². The molecule has 2 saturated heterocycles. The molecule has 9 heteroatoms. The van der Waals surface area contributed by atoms with E-state index in [0.29, 0.717) is 29.5 Å². The molecular weight excluding hydrogens is 434 g/mol. The maximum atomic E-state index is 5.58. The van der Waals surface area contributed by atoms with Crippen molar-refractivity contribution in [3.05, 3.63) is 48.3 Å². The standard InChI is InChI=1S/C24H25N7OS/c1-14-5-4-8-25-22(14)24-27-17-10-20(26-11-19(17)33-24)28-23-18(32-3)6-7-21(29-23)31-13-15-9-16(31)12-30(15)2/h4-8,10-11,15-16H,9,12-13H2,1-3H3,(H,26,28,29)/t15-,16-/m0/s1. The van der Waals surface area contributed by atoms with E-state index >= 15 is 0 Å². The zero-order valence-electron chi connectivity index (χ0n) is 18.8. The Morgan fingerprint density at radius 2 is 2.03 bits per heavy atom. The van der Waals surface area contributed by atoms with Crippen LogP contribution in [0.25, 0.3) is 20.9 Å². The fourth-order valence-electron chi connectivity index (χ4n) is 4.83. The van der Waals surface area contributed by atoms with Crippen molar-refractivity contribution in [3.63, 3.8) is 0 Å². The number of nitrogens with one attached hydrogen (secondary N) is 1. The molecule has 6 heterocycles. The molecule has 0 radical (unpaired) electrons. The van der Waals surface area contributed by atoms with Gasteiger partial charge in [-0.05, 0) is 44.2 Å². The molecule has 2 aliphatic rings. The summed E-state index contributed by atoms with van der Waals surface area (Å²) in [4.78, 5) is 23.7. The number of piperazine rings is 1. The van der Waals surface area contributed by atoms with E-state index in [4.69, 9.17) is 14.7 Å². The number of hydrogen-bond acceptors (Lipinski definition) is 9. The van der Waals surface area contributed by atoms with Gasteiger partial charge in [0.1, 0.15) is 22.3 Å². The number of rotatable bonds is 5. The number of ether oxygens (including phenoxy) is 1. The summed E-state index contributed by atoms with van der Waals surface area (Å²) in [6, 6.07) is 11.1. The fourth-order valence-corrected chi connectivity index (χ4v) is 5.81. The number of aryl methyl sites for hydroxylation is 1. The number of fused-ring (bicyclic) bond motifs is 3. The Hall–Kier alpha value is -3.30. The Kier molecular flexibility index (Phi) is 4.88. The second-order valence-electron chi connectivity index (χ2n) is 8.71. The summed E-state index contributed by atoms with van der Waals surface area (Å²) in [5.41, 5.74) is 2.90. The molecule has 1 N–H and O–H groups in total. The fraction of sp³-hybridized carbons (Fsp3) is 0.333. The summed E-state index contributed by atoms with van der Waals surface area (Å²) in [6.07, 6.45) is 4.85. The van der Waals surface area contributed by atoms with Gasteiger partial charge in [0.25, 0.3) is 0 Å².